The Kier molecular flexibility index (Phi) is 6.86. The minimum Gasteiger partial charge on any atom is -0.340 e. The Morgan fingerprint density at radius 1 is 1.27 bits per heavy atom. The van der Waals surface area contributed by atoms with Crippen LogP contribution in [-0.4, -0.2) is 55.5 Å². The first kappa shape index (κ1) is 17.4. The molecule has 1 heterocycles. The number of nitrogens with zero attached hydrogens (tertiary/aromatic N) is 2. The summed E-state index contributed by atoms with van der Waals surface area (Å²) in [6.07, 6.45) is 3.48. The van der Waals surface area contributed by atoms with Crippen molar-refractivity contribution in [2.24, 2.45) is 0 Å². The molecule has 5 heteroatoms. The molecule has 0 bridgehead atoms. The number of carbonyl (C=O) groups is 1. The Balaban J connectivity index is 1.86. The molecule has 1 saturated heterocycles. The van der Waals surface area contributed by atoms with E-state index in [1.54, 1.807) is 0 Å². The number of carbonyl (C=O) groups excluding carboxylic acids is 1. The SMILES string of the molecule is CN(Cc1ccccc1Br)C(=O)CN(C)C1CCCNCC1. The molecule has 2 rings (SSSR count). The molecule has 0 aliphatic carbocycles. The van der Waals surface area contributed by atoms with Gasteiger partial charge in [-0.05, 0) is 51.0 Å². The van der Waals surface area contributed by atoms with Crippen molar-refractivity contribution in [1.82, 2.24) is 15.1 Å². The smallest absolute Gasteiger partial charge is 0.236 e. The van der Waals surface area contributed by atoms with Crippen LogP contribution in [0.1, 0.15) is 24.8 Å². The van der Waals surface area contributed by atoms with Crippen molar-refractivity contribution < 1.29 is 4.79 Å². The first-order chi connectivity index (χ1) is 10.6. The summed E-state index contributed by atoms with van der Waals surface area (Å²) in [5.74, 6) is 0.176. The monoisotopic (exact) mass is 367 g/mol. The van der Waals surface area contributed by atoms with Gasteiger partial charge in [-0.2, -0.15) is 0 Å². The topological polar surface area (TPSA) is 35.6 Å². The van der Waals surface area contributed by atoms with Crippen LogP contribution in [0.5, 0.6) is 0 Å². The zero-order valence-corrected chi connectivity index (χ0v) is 15.1. The molecule has 0 spiro atoms. The quantitative estimate of drug-likeness (QED) is 0.868. The van der Waals surface area contributed by atoms with Gasteiger partial charge in [-0.1, -0.05) is 34.1 Å². The fourth-order valence-electron chi connectivity index (χ4n) is 2.87. The molecule has 1 aromatic carbocycles. The minimum atomic E-state index is 0.176. The summed E-state index contributed by atoms with van der Waals surface area (Å²) >= 11 is 3.54. The normalized spacial score (nSPS) is 19.0. The van der Waals surface area contributed by atoms with Gasteiger partial charge in [0.15, 0.2) is 0 Å². The highest BCUT2D eigenvalue weighted by atomic mass is 79.9. The van der Waals surface area contributed by atoms with E-state index in [0.717, 1.165) is 29.5 Å². The van der Waals surface area contributed by atoms with Crippen LogP contribution in [-0.2, 0) is 11.3 Å². The summed E-state index contributed by atoms with van der Waals surface area (Å²) < 4.78 is 1.05. The van der Waals surface area contributed by atoms with E-state index >= 15 is 0 Å². The van der Waals surface area contributed by atoms with Crippen molar-refractivity contribution in [1.29, 1.82) is 0 Å². The van der Waals surface area contributed by atoms with E-state index in [9.17, 15) is 4.79 Å². The van der Waals surface area contributed by atoms with Crippen molar-refractivity contribution in [3.8, 4) is 0 Å². The van der Waals surface area contributed by atoms with E-state index in [1.165, 1.54) is 12.8 Å². The van der Waals surface area contributed by atoms with E-state index in [2.05, 4.69) is 39.3 Å². The van der Waals surface area contributed by atoms with Crippen LogP contribution >= 0.6 is 15.9 Å². The van der Waals surface area contributed by atoms with Gasteiger partial charge in [0.25, 0.3) is 0 Å². The van der Waals surface area contributed by atoms with Crippen LogP contribution in [0.4, 0.5) is 0 Å². The minimum absolute atomic E-state index is 0.176. The van der Waals surface area contributed by atoms with Gasteiger partial charge in [-0.15, -0.1) is 0 Å². The molecule has 0 saturated carbocycles. The Bertz CT molecular complexity index is 487. The van der Waals surface area contributed by atoms with E-state index < -0.39 is 0 Å². The second kappa shape index (κ2) is 8.65. The molecule has 1 aliphatic heterocycles. The molecule has 1 N–H and O–H groups in total. The Morgan fingerprint density at radius 3 is 2.82 bits per heavy atom. The van der Waals surface area contributed by atoms with Crippen molar-refractivity contribution >= 4 is 21.8 Å². The average molecular weight is 368 g/mol. The number of halogens is 1. The maximum atomic E-state index is 12.5. The van der Waals surface area contributed by atoms with Crippen molar-refractivity contribution in [2.45, 2.75) is 31.8 Å². The van der Waals surface area contributed by atoms with E-state index in [1.807, 2.05) is 30.1 Å². The van der Waals surface area contributed by atoms with Gasteiger partial charge in [-0.25, -0.2) is 0 Å². The van der Waals surface area contributed by atoms with Gasteiger partial charge >= 0.3 is 0 Å². The lowest BCUT2D eigenvalue weighted by atomic mass is 10.1. The molecule has 1 aromatic rings. The lowest BCUT2D eigenvalue weighted by Crippen LogP contribution is -2.41. The van der Waals surface area contributed by atoms with Crippen molar-refractivity contribution in [3.63, 3.8) is 0 Å². The molecule has 0 radical (unpaired) electrons. The largest absolute Gasteiger partial charge is 0.340 e. The zero-order valence-electron chi connectivity index (χ0n) is 13.5. The highest BCUT2D eigenvalue weighted by Gasteiger charge is 2.20. The van der Waals surface area contributed by atoms with Gasteiger partial charge in [0.2, 0.25) is 5.91 Å². The summed E-state index contributed by atoms with van der Waals surface area (Å²) in [6.45, 7) is 3.28. The number of likely N-dealkylation sites (N-methyl/N-ethyl adjacent to an activating group) is 2. The van der Waals surface area contributed by atoms with Crippen LogP contribution in [0, 0.1) is 0 Å². The lowest BCUT2D eigenvalue weighted by molar-refractivity contribution is -0.131. The number of benzene rings is 1. The molecule has 122 valence electrons. The molecule has 1 fully saturated rings. The predicted molar refractivity (Wildman–Crippen MR) is 93.8 cm³/mol. The van der Waals surface area contributed by atoms with E-state index in [4.69, 9.17) is 0 Å². The zero-order chi connectivity index (χ0) is 15.9. The highest BCUT2D eigenvalue weighted by Crippen LogP contribution is 2.18. The van der Waals surface area contributed by atoms with Crippen LogP contribution < -0.4 is 5.32 Å². The fraction of sp³-hybridized carbons (Fsp3) is 0.588. The molecule has 1 amide bonds. The maximum absolute atomic E-state index is 12.5. The van der Waals surface area contributed by atoms with Gasteiger partial charge in [0, 0.05) is 24.1 Å². The second-order valence-corrected chi connectivity index (χ2v) is 6.95. The van der Waals surface area contributed by atoms with Crippen molar-refractivity contribution in [2.75, 3.05) is 33.7 Å². The standard InChI is InChI=1S/C17H26BrN3O/c1-20(15-7-5-10-19-11-9-15)13-17(22)21(2)12-14-6-3-4-8-16(14)18/h3-4,6,8,15,19H,5,7,9-13H2,1-2H3. The highest BCUT2D eigenvalue weighted by molar-refractivity contribution is 9.10. The van der Waals surface area contributed by atoms with Gasteiger partial charge in [-0.3, -0.25) is 9.69 Å². The Hall–Kier alpha value is -0.910. The summed E-state index contributed by atoms with van der Waals surface area (Å²) in [5, 5.41) is 3.42. The molecule has 1 atom stereocenters. The number of rotatable bonds is 5. The molecule has 22 heavy (non-hydrogen) atoms. The van der Waals surface area contributed by atoms with Crippen LogP contribution in [0.25, 0.3) is 0 Å². The Morgan fingerprint density at radius 2 is 2.05 bits per heavy atom. The molecular formula is C17H26BrN3O. The number of hydrogen-bond acceptors (Lipinski definition) is 3. The van der Waals surface area contributed by atoms with Crippen molar-refractivity contribution in [3.05, 3.63) is 34.3 Å². The molecule has 1 aliphatic rings. The summed E-state index contributed by atoms with van der Waals surface area (Å²) in [6, 6.07) is 8.56. The lowest BCUT2D eigenvalue weighted by Gasteiger charge is -2.28. The summed E-state index contributed by atoms with van der Waals surface area (Å²) in [5.41, 5.74) is 1.14. The number of nitrogens with one attached hydrogen (secondary N) is 1. The third kappa shape index (κ3) is 5.07. The Labute approximate surface area is 142 Å². The molecular weight excluding hydrogens is 342 g/mol. The maximum Gasteiger partial charge on any atom is 0.236 e. The number of amides is 1. The molecule has 1 unspecified atom stereocenters. The first-order valence-corrected chi connectivity index (χ1v) is 8.75. The molecule has 0 aromatic heterocycles. The predicted octanol–water partition coefficient (Wildman–Crippen LogP) is 2.48. The second-order valence-electron chi connectivity index (χ2n) is 6.09. The molecule has 4 nitrogen and oxygen atoms in total. The van der Waals surface area contributed by atoms with E-state index in [-0.39, 0.29) is 5.91 Å². The van der Waals surface area contributed by atoms with Crippen LogP contribution in [0.3, 0.4) is 0 Å². The third-order valence-electron chi connectivity index (χ3n) is 4.34. The van der Waals surface area contributed by atoms with Crippen LogP contribution in [0.15, 0.2) is 28.7 Å². The summed E-state index contributed by atoms with van der Waals surface area (Å²) in [4.78, 5) is 16.5. The van der Waals surface area contributed by atoms with Gasteiger partial charge in [0.1, 0.15) is 0 Å². The van der Waals surface area contributed by atoms with E-state index in [0.29, 0.717) is 19.1 Å². The third-order valence-corrected chi connectivity index (χ3v) is 5.12. The fourth-order valence-corrected chi connectivity index (χ4v) is 3.29. The number of hydrogen-bond donors (Lipinski definition) is 1. The first-order valence-electron chi connectivity index (χ1n) is 7.96. The van der Waals surface area contributed by atoms with Crippen LogP contribution in [0.2, 0.25) is 0 Å². The average Bonchev–Trinajstić information content (AvgIpc) is 2.78. The van der Waals surface area contributed by atoms with Gasteiger partial charge in [0.05, 0.1) is 6.54 Å². The summed E-state index contributed by atoms with van der Waals surface area (Å²) in [7, 11) is 3.95. The van der Waals surface area contributed by atoms with Gasteiger partial charge < -0.3 is 10.2 Å².